The van der Waals surface area contributed by atoms with Crippen LogP contribution in [-0.2, 0) is 28.8 Å². The maximum Gasteiger partial charge on any atom is 0.269 e. The lowest BCUT2D eigenvalue weighted by atomic mass is 9.94. The summed E-state index contributed by atoms with van der Waals surface area (Å²) < 4.78 is 0. The molecular formula is C58H32N12O6. The molecule has 4 aliphatic rings. The van der Waals surface area contributed by atoms with Gasteiger partial charge in [-0.1, -0.05) is 188 Å². The molecule has 0 radical (unpaired) electrons. The summed E-state index contributed by atoms with van der Waals surface area (Å²) in [5, 5.41) is 0. The van der Waals surface area contributed by atoms with Crippen LogP contribution in [0.1, 0.15) is 0 Å². The lowest BCUT2D eigenvalue weighted by Crippen LogP contribution is -2.33. The molecule has 6 heterocycles. The van der Waals surface area contributed by atoms with Crippen molar-refractivity contribution in [2.75, 3.05) is 14.7 Å². The summed E-state index contributed by atoms with van der Waals surface area (Å²) in [5.74, 6) is -8.99. The number of aromatic nitrogens is 9. The van der Waals surface area contributed by atoms with Crippen LogP contribution in [-0.4, -0.2) is 80.3 Å². The average molecular weight is 993 g/mol. The van der Waals surface area contributed by atoms with Gasteiger partial charge in [-0.2, -0.15) is 29.9 Å². The van der Waals surface area contributed by atoms with Gasteiger partial charge >= 0.3 is 0 Å². The minimum atomic E-state index is -1.76. The van der Waals surface area contributed by atoms with Gasteiger partial charge in [0, 0.05) is 39.0 Å². The summed E-state index contributed by atoms with van der Waals surface area (Å²) in [6, 6.07) is 52.9. The lowest BCUT2D eigenvalue weighted by Gasteiger charge is -2.14. The Bertz CT molecular complexity index is 3890. The van der Waals surface area contributed by atoms with Crippen LogP contribution in [0.5, 0.6) is 0 Å². The highest BCUT2D eigenvalue weighted by atomic mass is 16.2. The predicted octanol–water partition coefficient (Wildman–Crippen LogP) is 7.41. The first-order valence-corrected chi connectivity index (χ1v) is 23.7. The summed E-state index contributed by atoms with van der Waals surface area (Å²) in [6.07, 6.45) is 1.12. The number of carbonyl (C=O) groups excluding carboxylic acids is 6. The molecule has 76 heavy (non-hydrogen) atoms. The molecule has 18 nitrogen and oxygen atoms in total. The zero-order valence-electron chi connectivity index (χ0n) is 39.3. The molecule has 18 heteroatoms. The van der Waals surface area contributed by atoms with E-state index in [9.17, 15) is 0 Å². The van der Waals surface area contributed by atoms with Crippen molar-refractivity contribution < 1.29 is 28.8 Å². The standard InChI is InChI=1S/C58H32N12O6/c71-50-38-31-39-41(53(74)69(51(39)72)57-64-46(34-23-11-3-12-24-34)60-47(65-57)35-25-13-4-14-26-35)43-42(40(38)52(73)68(50)56-62-44(32-19-7-1-8-20-32)59-45(63-56)33-21-9-2-10-22-33)54(75)70(55(43)76)58-66-48(36-27-15-5-16-28-36)61-49(67-58)37-29-17-6-18-30-37/h1-31,38H. The summed E-state index contributed by atoms with van der Waals surface area (Å²) in [5.41, 5.74) is 0.310. The topological polar surface area (TPSA) is 228 Å². The van der Waals surface area contributed by atoms with Crippen molar-refractivity contribution in [3.63, 3.8) is 0 Å². The first kappa shape index (κ1) is 44.9. The van der Waals surface area contributed by atoms with E-state index in [2.05, 4.69) is 29.9 Å². The Morgan fingerprint density at radius 2 is 0.553 bits per heavy atom. The Kier molecular flexibility index (Phi) is 10.6. The summed E-state index contributed by atoms with van der Waals surface area (Å²) >= 11 is 0. The SMILES string of the molecule is O=C1C2=CC3C(=O)N(c4nc(-c5ccccc5)nc(-c5ccccc5)n4)C(=O)C3=C3C(=O)N(c4nc(-c5ccccc5)nc(-c5ccccc5)n4)C(=O)C3=C2C(=O)N1c1nc(-c2ccccc2)nc(-c2ccccc2)n1. The molecule has 6 aromatic carbocycles. The van der Waals surface area contributed by atoms with Crippen LogP contribution in [0.25, 0.3) is 68.3 Å². The van der Waals surface area contributed by atoms with Crippen LogP contribution in [0, 0.1) is 5.92 Å². The quantitative estimate of drug-likeness (QED) is 0.128. The van der Waals surface area contributed by atoms with Gasteiger partial charge in [-0.3, -0.25) is 28.8 Å². The van der Waals surface area contributed by atoms with Gasteiger partial charge in [-0.05, 0) is 0 Å². The van der Waals surface area contributed by atoms with Crippen molar-refractivity contribution >= 4 is 53.3 Å². The van der Waals surface area contributed by atoms with Gasteiger partial charge in [-0.15, -0.1) is 0 Å². The lowest BCUT2D eigenvalue weighted by molar-refractivity contribution is -0.122. The second-order valence-corrected chi connectivity index (χ2v) is 17.5. The number of imide groups is 3. The molecule has 1 unspecified atom stereocenters. The summed E-state index contributed by atoms with van der Waals surface area (Å²) in [6.45, 7) is 0. The average Bonchev–Trinajstić information content (AvgIpc) is 4.13. The van der Waals surface area contributed by atoms with E-state index < -0.39 is 87.1 Å². The number of fused-ring (bicyclic) bond motifs is 3. The van der Waals surface area contributed by atoms with Gasteiger partial charge in [0.05, 0.1) is 28.2 Å². The van der Waals surface area contributed by atoms with Gasteiger partial charge in [0.25, 0.3) is 29.5 Å². The number of nitrogens with zero attached hydrogens (tertiary/aromatic N) is 12. The molecule has 3 aliphatic heterocycles. The molecular weight excluding hydrogens is 961 g/mol. The van der Waals surface area contributed by atoms with E-state index >= 15 is 28.8 Å². The van der Waals surface area contributed by atoms with Gasteiger partial charge in [0.2, 0.25) is 23.8 Å². The van der Waals surface area contributed by atoms with Crippen LogP contribution in [0.15, 0.2) is 216 Å². The molecule has 6 amide bonds. The van der Waals surface area contributed by atoms with Gasteiger partial charge in [-0.25, -0.2) is 29.7 Å². The van der Waals surface area contributed by atoms with Crippen molar-refractivity contribution in [2.45, 2.75) is 0 Å². The molecule has 0 spiro atoms. The van der Waals surface area contributed by atoms with Crippen molar-refractivity contribution in [1.82, 2.24) is 44.9 Å². The molecule has 3 saturated heterocycles. The van der Waals surface area contributed by atoms with E-state index in [4.69, 9.17) is 15.0 Å². The molecule has 1 atom stereocenters. The van der Waals surface area contributed by atoms with Crippen LogP contribution in [0.4, 0.5) is 17.8 Å². The van der Waals surface area contributed by atoms with E-state index in [0.717, 1.165) is 6.08 Å². The largest absolute Gasteiger partial charge is 0.273 e. The van der Waals surface area contributed by atoms with Gasteiger partial charge in [0.1, 0.15) is 0 Å². The van der Waals surface area contributed by atoms with E-state index in [1.807, 2.05) is 0 Å². The molecule has 3 fully saturated rings. The number of benzene rings is 6. The molecule has 360 valence electrons. The second-order valence-electron chi connectivity index (χ2n) is 17.5. The smallest absolute Gasteiger partial charge is 0.269 e. The van der Waals surface area contributed by atoms with E-state index in [0.29, 0.717) is 48.1 Å². The first-order chi connectivity index (χ1) is 37.2. The Hall–Kier alpha value is -11.0. The highest BCUT2D eigenvalue weighted by molar-refractivity contribution is 6.47. The minimum Gasteiger partial charge on any atom is -0.273 e. The molecule has 0 bridgehead atoms. The minimum absolute atomic E-state index is 0.0825. The van der Waals surface area contributed by atoms with Crippen LogP contribution < -0.4 is 14.7 Å². The Morgan fingerprint density at radius 1 is 0.276 bits per heavy atom. The number of hydrogen-bond donors (Lipinski definition) is 0. The normalized spacial score (nSPS) is 16.1. The number of rotatable bonds is 9. The van der Waals surface area contributed by atoms with Gasteiger partial charge < -0.3 is 0 Å². The predicted molar refractivity (Wildman–Crippen MR) is 275 cm³/mol. The van der Waals surface area contributed by atoms with Crippen LogP contribution in [0.2, 0.25) is 0 Å². The maximum atomic E-state index is 15.6. The van der Waals surface area contributed by atoms with Crippen LogP contribution >= 0.6 is 0 Å². The second kappa shape index (κ2) is 17.9. The number of carbonyl (C=O) groups is 6. The van der Waals surface area contributed by atoms with E-state index in [1.54, 1.807) is 182 Å². The van der Waals surface area contributed by atoms with Gasteiger partial charge in [0.15, 0.2) is 34.9 Å². The molecule has 0 saturated carbocycles. The van der Waals surface area contributed by atoms with E-state index in [1.165, 1.54) is 0 Å². The number of amides is 6. The van der Waals surface area contributed by atoms with Crippen LogP contribution in [0.3, 0.4) is 0 Å². The Labute approximate surface area is 430 Å². The van der Waals surface area contributed by atoms with Crippen molar-refractivity contribution in [3.05, 3.63) is 216 Å². The highest BCUT2D eigenvalue weighted by Crippen LogP contribution is 2.47. The maximum absolute atomic E-state index is 15.6. The fraction of sp³-hybridized carbons (Fsp3) is 0.0172. The molecule has 3 aromatic heterocycles. The highest BCUT2D eigenvalue weighted by Gasteiger charge is 2.58. The summed E-state index contributed by atoms with van der Waals surface area (Å²) in [4.78, 5) is 136. The fourth-order valence-corrected chi connectivity index (χ4v) is 9.40. The van der Waals surface area contributed by atoms with E-state index in [-0.39, 0.29) is 34.9 Å². The molecule has 1 aliphatic carbocycles. The fourth-order valence-electron chi connectivity index (χ4n) is 9.40. The van der Waals surface area contributed by atoms with Crippen molar-refractivity contribution in [3.8, 4) is 68.3 Å². The van der Waals surface area contributed by atoms with Crippen molar-refractivity contribution in [2.24, 2.45) is 5.92 Å². The molecule has 9 aromatic rings. The first-order valence-electron chi connectivity index (χ1n) is 23.7. The zero-order chi connectivity index (χ0) is 51.6. The Balaban J connectivity index is 1.03. The van der Waals surface area contributed by atoms with Crippen molar-refractivity contribution in [1.29, 1.82) is 0 Å². The zero-order valence-corrected chi connectivity index (χ0v) is 39.3. The Morgan fingerprint density at radius 3 is 0.882 bits per heavy atom. The molecule has 0 N–H and O–H groups in total. The third kappa shape index (κ3) is 7.39. The molecule has 13 rings (SSSR count). The number of anilines is 3. The third-order valence-corrected chi connectivity index (χ3v) is 13.0. The third-order valence-electron chi connectivity index (χ3n) is 13.0. The monoisotopic (exact) mass is 992 g/mol. The number of hydrogen-bond acceptors (Lipinski definition) is 15. The summed E-state index contributed by atoms with van der Waals surface area (Å²) in [7, 11) is 0.